The molecule has 0 aliphatic carbocycles. The molecular formula is C25H25N3O4S. The molecule has 7 nitrogen and oxygen atoms in total. The van der Waals surface area contributed by atoms with Crippen molar-refractivity contribution in [2.24, 2.45) is 0 Å². The van der Waals surface area contributed by atoms with Crippen LogP contribution in [0.3, 0.4) is 0 Å². The normalized spacial score (nSPS) is 10.1. The van der Waals surface area contributed by atoms with Crippen molar-refractivity contribution in [3.8, 4) is 22.6 Å². The molecule has 3 rings (SSSR count). The van der Waals surface area contributed by atoms with Gasteiger partial charge in [0.2, 0.25) is 0 Å². The Morgan fingerprint density at radius 1 is 0.818 bits per heavy atom. The van der Waals surface area contributed by atoms with Crippen LogP contribution >= 0.6 is 12.2 Å². The highest BCUT2D eigenvalue weighted by molar-refractivity contribution is 7.80. The first-order valence-electron chi connectivity index (χ1n) is 10.5. The maximum Gasteiger partial charge on any atom is 0.276 e. The lowest BCUT2D eigenvalue weighted by Crippen LogP contribution is -2.49. The van der Waals surface area contributed by atoms with E-state index in [1.165, 1.54) is 0 Å². The topological polar surface area (TPSA) is 88.7 Å². The molecule has 33 heavy (non-hydrogen) atoms. The average molecular weight is 464 g/mol. The van der Waals surface area contributed by atoms with Gasteiger partial charge >= 0.3 is 0 Å². The average Bonchev–Trinajstić information content (AvgIpc) is 2.86. The third-order valence-corrected chi connectivity index (χ3v) is 4.65. The molecule has 8 heteroatoms. The zero-order valence-corrected chi connectivity index (χ0v) is 19.0. The zero-order valence-electron chi connectivity index (χ0n) is 18.2. The summed E-state index contributed by atoms with van der Waals surface area (Å²) in [6, 6.07) is 24.2. The van der Waals surface area contributed by atoms with E-state index in [0.717, 1.165) is 17.5 Å². The molecule has 0 atom stereocenters. The molecule has 0 spiro atoms. The lowest BCUT2D eigenvalue weighted by molar-refractivity contribution is -0.123. The molecule has 3 aromatic carbocycles. The second-order valence-corrected chi connectivity index (χ2v) is 7.42. The summed E-state index contributed by atoms with van der Waals surface area (Å²) in [4.78, 5) is 24.4. The fourth-order valence-corrected chi connectivity index (χ4v) is 2.98. The molecule has 2 amide bonds. The number of nitrogens with one attached hydrogen (secondary N) is 3. The Bertz CT molecular complexity index is 1090. The van der Waals surface area contributed by atoms with Gasteiger partial charge in [0, 0.05) is 5.56 Å². The summed E-state index contributed by atoms with van der Waals surface area (Å²) in [6.07, 6.45) is 0.868. The standard InChI is InChI=1S/C25H25N3O4S/c1-2-15-31-22-10-6-9-20(16-22)24(30)26-25(33)28-27-23(29)17-32-21-13-11-19(12-14-21)18-7-4-3-5-8-18/h3-14,16H,2,15,17H2,1H3,(H,27,29)(H2,26,28,30,33). The SMILES string of the molecule is CCCOc1cccc(C(=O)NC(=S)NNC(=O)COc2ccc(-c3ccccc3)cc2)c1. The zero-order chi connectivity index (χ0) is 23.5. The number of hydrogen-bond acceptors (Lipinski definition) is 5. The first-order valence-corrected chi connectivity index (χ1v) is 10.9. The maximum absolute atomic E-state index is 12.3. The molecule has 0 heterocycles. The van der Waals surface area contributed by atoms with Gasteiger partial charge in [-0.05, 0) is 60.1 Å². The van der Waals surface area contributed by atoms with E-state index in [0.29, 0.717) is 23.7 Å². The van der Waals surface area contributed by atoms with Crippen LogP contribution in [0.1, 0.15) is 23.7 Å². The van der Waals surface area contributed by atoms with Crippen molar-refractivity contribution in [2.75, 3.05) is 13.2 Å². The highest BCUT2D eigenvalue weighted by Crippen LogP contribution is 2.22. The third kappa shape index (κ3) is 7.62. The van der Waals surface area contributed by atoms with Gasteiger partial charge in [0.05, 0.1) is 6.61 Å². The van der Waals surface area contributed by atoms with Crippen LogP contribution in [0.5, 0.6) is 11.5 Å². The largest absolute Gasteiger partial charge is 0.494 e. The number of benzene rings is 3. The fourth-order valence-electron chi connectivity index (χ4n) is 2.84. The van der Waals surface area contributed by atoms with Crippen molar-refractivity contribution in [3.63, 3.8) is 0 Å². The van der Waals surface area contributed by atoms with Crippen LogP contribution in [0.2, 0.25) is 0 Å². The summed E-state index contributed by atoms with van der Waals surface area (Å²) < 4.78 is 11.0. The van der Waals surface area contributed by atoms with Gasteiger partial charge in [0.1, 0.15) is 11.5 Å². The van der Waals surface area contributed by atoms with Gasteiger partial charge in [-0.25, -0.2) is 0 Å². The van der Waals surface area contributed by atoms with Crippen LogP contribution < -0.4 is 25.6 Å². The molecule has 0 radical (unpaired) electrons. The highest BCUT2D eigenvalue weighted by atomic mass is 32.1. The third-order valence-electron chi connectivity index (χ3n) is 4.44. The molecule has 3 aromatic rings. The number of amides is 2. The summed E-state index contributed by atoms with van der Waals surface area (Å²) in [5.74, 6) is 0.295. The van der Waals surface area contributed by atoms with Crippen LogP contribution in [0.25, 0.3) is 11.1 Å². The van der Waals surface area contributed by atoms with E-state index in [4.69, 9.17) is 21.7 Å². The summed E-state index contributed by atoms with van der Waals surface area (Å²) in [6.45, 7) is 2.35. The van der Waals surface area contributed by atoms with E-state index in [1.807, 2.05) is 49.4 Å². The van der Waals surface area contributed by atoms with E-state index in [9.17, 15) is 9.59 Å². The van der Waals surface area contributed by atoms with Crippen LogP contribution in [0.15, 0.2) is 78.9 Å². The molecule has 0 unspecified atom stereocenters. The number of hydrogen-bond donors (Lipinski definition) is 3. The summed E-state index contributed by atoms with van der Waals surface area (Å²) in [7, 11) is 0. The van der Waals surface area contributed by atoms with Crippen LogP contribution in [-0.4, -0.2) is 30.1 Å². The van der Waals surface area contributed by atoms with Gasteiger partial charge in [0.25, 0.3) is 11.8 Å². The molecule has 3 N–H and O–H groups in total. The lowest BCUT2D eigenvalue weighted by Gasteiger charge is -2.12. The van der Waals surface area contributed by atoms with Crippen molar-refractivity contribution in [1.29, 1.82) is 0 Å². The molecule has 0 bridgehead atoms. The Hall–Kier alpha value is -3.91. The van der Waals surface area contributed by atoms with E-state index < -0.39 is 11.8 Å². The number of carbonyl (C=O) groups is 2. The first-order chi connectivity index (χ1) is 16.0. The second kappa shape index (κ2) is 12.2. The molecule has 170 valence electrons. The van der Waals surface area contributed by atoms with Crippen molar-refractivity contribution >= 4 is 29.1 Å². The van der Waals surface area contributed by atoms with Crippen molar-refractivity contribution in [3.05, 3.63) is 84.4 Å². The van der Waals surface area contributed by atoms with Gasteiger partial charge in [-0.2, -0.15) is 0 Å². The minimum atomic E-state index is -0.450. The first kappa shape index (κ1) is 23.7. The Balaban J connectivity index is 1.40. The number of thiocarbonyl (C=S) groups is 1. The smallest absolute Gasteiger partial charge is 0.276 e. The Kier molecular flexibility index (Phi) is 8.79. The van der Waals surface area contributed by atoms with Gasteiger partial charge in [-0.1, -0.05) is 55.5 Å². The molecule has 0 saturated heterocycles. The van der Waals surface area contributed by atoms with E-state index in [2.05, 4.69) is 16.2 Å². The Morgan fingerprint density at radius 2 is 1.55 bits per heavy atom. The van der Waals surface area contributed by atoms with Crippen molar-refractivity contribution < 1.29 is 19.1 Å². The fraction of sp³-hybridized carbons (Fsp3) is 0.160. The Labute approximate surface area is 198 Å². The minimum absolute atomic E-state index is 0.0413. The van der Waals surface area contributed by atoms with Crippen LogP contribution in [0.4, 0.5) is 0 Å². The number of carbonyl (C=O) groups excluding carboxylic acids is 2. The van der Waals surface area contributed by atoms with Gasteiger partial charge in [0.15, 0.2) is 11.7 Å². The minimum Gasteiger partial charge on any atom is -0.494 e. The second-order valence-electron chi connectivity index (χ2n) is 7.01. The highest BCUT2D eigenvalue weighted by Gasteiger charge is 2.10. The number of rotatable bonds is 8. The summed E-state index contributed by atoms with van der Waals surface area (Å²) in [5, 5.41) is 2.46. The molecule has 0 saturated carbocycles. The van der Waals surface area contributed by atoms with E-state index >= 15 is 0 Å². The van der Waals surface area contributed by atoms with Crippen molar-refractivity contribution in [1.82, 2.24) is 16.2 Å². The number of ether oxygens (including phenoxy) is 2. The van der Waals surface area contributed by atoms with Crippen LogP contribution in [-0.2, 0) is 4.79 Å². The van der Waals surface area contributed by atoms with E-state index in [-0.39, 0.29) is 11.7 Å². The lowest BCUT2D eigenvalue weighted by atomic mass is 10.1. The molecular weight excluding hydrogens is 438 g/mol. The predicted molar refractivity (Wildman–Crippen MR) is 131 cm³/mol. The van der Waals surface area contributed by atoms with Gasteiger partial charge in [-0.15, -0.1) is 0 Å². The summed E-state index contributed by atoms with van der Waals surface area (Å²) >= 11 is 5.06. The molecule has 0 aliphatic rings. The monoisotopic (exact) mass is 463 g/mol. The number of hydrazine groups is 1. The Morgan fingerprint density at radius 3 is 2.27 bits per heavy atom. The molecule has 0 aliphatic heterocycles. The van der Waals surface area contributed by atoms with Gasteiger partial charge in [-0.3, -0.25) is 25.8 Å². The quantitative estimate of drug-likeness (QED) is 0.347. The van der Waals surface area contributed by atoms with Crippen LogP contribution in [0, 0.1) is 0 Å². The van der Waals surface area contributed by atoms with Crippen molar-refractivity contribution in [2.45, 2.75) is 13.3 Å². The van der Waals surface area contributed by atoms with Gasteiger partial charge < -0.3 is 9.47 Å². The molecule has 0 fully saturated rings. The predicted octanol–water partition coefficient (Wildman–Crippen LogP) is 3.86. The molecule has 0 aromatic heterocycles. The van der Waals surface area contributed by atoms with E-state index in [1.54, 1.807) is 36.4 Å². The maximum atomic E-state index is 12.3. The summed E-state index contributed by atoms with van der Waals surface area (Å²) in [5.41, 5.74) is 7.42.